The van der Waals surface area contributed by atoms with Crippen molar-refractivity contribution in [3.63, 3.8) is 0 Å². The summed E-state index contributed by atoms with van der Waals surface area (Å²) in [6.07, 6.45) is 5.80. The maximum Gasteiger partial charge on any atom is 0.164 e. The fourth-order valence-electron chi connectivity index (χ4n) is 3.06. The van der Waals surface area contributed by atoms with E-state index in [9.17, 15) is 8.42 Å². The molecule has 8 nitrogen and oxygen atoms in total. The minimum absolute atomic E-state index is 0.107. The molecule has 0 bridgehead atoms. The van der Waals surface area contributed by atoms with Crippen molar-refractivity contribution in [2.75, 3.05) is 23.4 Å². The van der Waals surface area contributed by atoms with Gasteiger partial charge >= 0.3 is 0 Å². The Kier molecular flexibility index (Phi) is 3.87. The lowest BCUT2D eigenvalue weighted by Gasteiger charge is -2.12. The third kappa shape index (κ3) is 3.19. The number of fused-ring (bicyclic) bond motifs is 1. The summed E-state index contributed by atoms with van der Waals surface area (Å²) in [5.74, 6) is 1.87. The van der Waals surface area contributed by atoms with Gasteiger partial charge in [0.1, 0.15) is 5.82 Å². The number of rotatable bonds is 4. The first-order valence-corrected chi connectivity index (χ1v) is 9.88. The first-order chi connectivity index (χ1) is 12.0. The van der Waals surface area contributed by atoms with Crippen LogP contribution in [0.5, 0.6) is 0 Å². The summed E-state index contributed by atoms with van der Waals surface area (Å²) < 4.78 is 25.0. The van der Waals surface area contributed by atoms with Gasteiger partial charge in [0.15, 0.2) is 21.3 Å². The highest BCUT2D eigenvalue weighted by atomic mass is 32.2. The van der Waals surface area contributed by atoms with Gasteiger partial charge in [-0.05, 0) is 24.5 Å². The molecule has 4 rings (SSSR count). The fourth-order valence-corrected chi connectivity index (χ4v) is 4.92. The van der Waals surface area contributed by atoms with E-state index in [0.29, 0.717) is 24.6 Å². The van der Waals surface area contributed by atoms with Crippen LogP contribution >= 0.6 is 0 Å². The Balaban J connectivity index is 1.67. The van der Waals surface area contributed by atoms with Crippen molar-refractivity contribution in [2.24, 2.45) is 13.0 Å². The topological polar surface area (TPSA) is 103 Å². The molecule has 4 heterocycles. The highest BCUT2D eigenvalue weighted by molar-refractivity contribution is 7.91. The van der Waals surface area contributed by atoms with Crippen LogP contribution in [0.2, 0.25) is 0 Å². The smallest absolute Gasteiger partial charge is 0.164 e. The summed E-state index contributed by atoms with van der Waals surface area (Å²) in [5, 5.41) is 8.39. The number of aromatic nitrogens is 5. The van der Waals surface area contributed by atoms with Crippen LogP contribution in [0.15, 0.2) is 30.7 Å². The Labute approximate surface area is 145 Å². The molecule has 0 aliphatic carbocycles. The molecular formula is C16H18N6O2S. The second kappa shape index (κ2) is 6.07. The molecule has 0 saturated carbocycles. The van der Waals surface area contributed by atoms with Crippen molar-refractivity contribution in [1.29, 1.82) is 0 Å². The third-order valence-electron chi connectivity index (χ3n) is 4.42. The molecular weight excluding hydrogens is 340 g/mol. The fraction of sp³-hybridized carbons (Fsp3) is 0.375. The summed E-state index contributed by atoms with van der Waals surface area (Å²) in [5.41, 5.74) is 1.59. The van der Waals surface area contributed by atoms with Gasteiger partial charge in [0.25, 0.3) is 0 Å². The number of hydrogen-bond acceptors (Lipinski definition) is 7. The van der Waals surface area contributed by atoms with E-state index in [4.69, 9.17) is 0 Å². The molecule has 1 saturated heterocycles. The molecule has 1 atom stereocenters. The molecule has 0 unspecified atom stereocenters. The Hall–Kier alpha value is -2.55. The van der Waals surface area contributed by atoms with Crippen LogP contribution in [-0.2, 0) is 16.9 Å². The maximum atomic E-state index is 11.6. The SMILES string of the molecule is Cn1ncc2c(NC[C@H]3CCS(=O)(=O)C3)nc(-c3ccncc3)nc21. The second-order valence-electron chi connectivity index (χ2n) is 6.29. The number of nitrogens with one attached hydrogen (secondary N) is 1. The van der Waals surface area contributed by atoms with Crippen LogP contribution in [0.1, 0.15) is 6.42 Å². The molecule has 130 valence electrons. The predicted molar refractivity (Wildman–Crippen MR) is 94.8 cm³/mol. The zero-order valence-corrected chi connectivity index (χ0v) is 14.6. The summed E-state index contributed by atoms with van der Waals surface area (Å²) in [7, 11) is -1.05. The third-order valence-corrected chi connectivity index (χ3v) is 6.25. The Bertz CT molecular complexity index is 1020. The number of sulfone groups is 1. The van der Waals surface area contributed by atoms with E-state index in [2.05, 4.69) is 25.4 Å². The van der Waals surface area contributed by atoms with E-state index in [1.807, 2.05) is 19.2 Å². The minimum Gasteiger partial charge on any atom is -0.369 e. The molecule has 3 aromatic rings. The van der Waals surface area contributed by atoms with E-state index in [-0.39, 0.29) is 17.4 Å². The lowest BCUT2D eigenvalue weighted by molar-refractivity contribution is 0.596. The number of aryl methyl sites for hydroxylation is 1. The maximum absolute atomic E-state index is 11.6. The van der Waals surface area contributed by atoms with Crippen LogP contribution < -0.4 is 5.32 Å². The number of hydrogen-bond donors (Lipinski definition) is 1. The summed E-state index contributed by atoms with van der Waals surface area (Å²) in [6, 6.07) is 3.70. The molecule has 25 heavy (non-hydrogen) atoms. The van der Waals surface area contributed by atoms with E-state index in [0.717, 1.165) is 16.6 Å². The van der Waals surface area contributed by atoms with Gasteiger partial charge in [-0.2, -0.15) is 5.10 Å². The van der Waals surface area contributed by atoms with Crippen molar-refractivity contribution >= 4 is 26.7 Å². The second-order valence-corrected chi connectivity index (χ2v) is 8.52. The lowest BCUT2D eigenvalue weighted by Crippen LogP contribution is -2.16. The molecule has 1 N–H and O–H groups in total. The number of nitrogens with zero attached hydrogens (tertiary/aromatic N) is 5. The van der Waals surface area contributed by atoms with Crippen LogP contribution in [0.25, 0.3) is 22.4 Å². The summed E-state index contributed by atoms with van der Waals surface area (Å²) in [4.78, 5) is 13.2. The monoisotopic (exact) mass is 358 g/mol. The number of anilines is 1. The van der Waals surface area contributed by atoms with Gasteiger partial charge in [0.2, 0.25) is 0 Å². The molecule has 0 spiro atoms. The Morgan fingerprint density at radius 3 is 2.80 bits per heavy atom. The molecule has 9 heteroatoms. The van der Waals surface area contributed by atoms with Crippen molar-refractivity contribution in [3.8, 4) is 11.4 Å². The van der Waals surface area contributed by atoms with E-state index in [1.54, 1.807) is 23.3 Å². The van der Waals surface area contributed by atoms with E-state index in [1.165, 1.54) is 0 Å². The number of pyridine rings is 1. The Morgan fingerprint density at radius 1 is 1.28 bits per heavy atom. The minimum atomic E-state index is -2.89. The van der Waals surface area contributed by atoms with Crippen LogP contribution in [-0.4, -0.2) is 51.2 Å². The molecule has 1 aliphatic rings. The van der Waals surface area contributed by atoms with Gasteiger partial charge in [-0.1, -0.05) is 0 Å². The normalized spacial score (nSPS) is 19.3. The van der Waals surface area contributed by atoms with Gasteiger partial charge < -0.3 is 5.32 Å². The largest absolute Gasteiger partial charge is 0.369 e. The van der Waals surface area contributed by atoms with Gasteiger partial charge in [0, 0.05) is 31.5 Å². The van der Waals surface area contributed by atoms with Crippen LogP contribution in [0.4, 0.5) is 5.82 Å². The summed E-state index contributed by atoms with van der Waals surface area (Å²) >= 11 is 0. The molecule has 0 aromatic carbocycles. The quantitative estimate of drug-likeness (QED) is 0.749. The molecule has 0 amide bonds. The predicted octanol–water partition coefficient (Wildman–Crippen LogP) is 1.27. The van der Waals surface area contributed by atoms with E-state index >= 15 is 0 Å². The van der Waals surface area contributed by atoms with Crippen molar-refractivity contribution in [1.82, 2.24) is 24.7 Å². The highest BCUT2D eigenvalue weighted by Gasteiger charge is 2.27. The van der Waals surface area contributed by atoms with Crippen molar-refractivity contribution in [3.05, 3.63) is 30.7 Å². The highest BCUT2D eigenvalue weighted by Crippen LogP contribution is 2.25. The van der Waals surface area contributed by atoms with Crippen LogP contribution in [0, 0.1) is 5.92 Å². The first-order valence-electron chi connectivity index (χ1n) is 8.06. The Morgan fingerprint density at radius 2 is 2.08 bits per heavy atom. The lowest BCUT2D eigenvalue weighted by atomic mass is 10.1. The van der Waals surface area contributed by atoms with Gasteiger partial charge in [-0.15, -0.1) is 0 Å². The van der Waals surface area contributed by atoms with Gasteiger partial charge in [0.05, 0.1) is 23.1 Å². The first kappa shape index (κ1) is 15.9. The average molecular weight is 358 g/mol. The molecule has 0 radical (unpaired) electrons. The van der Waals surface area contributed by atoms with Crippen LogP contribution in [0.3, 0.4) is 0 Å². The van der Waals surface area contributed by atoms with Crippen molar-refractivity contribution in [2.45, 2.75) is 6.42 Å². The molecule has 1 fully saturated rings. The van der Waals surface area contributed by atoms with Gasteiger partial charge in [-0.25, -0.2) is 18.4 Å². The summed E-state index contributed by atoms with van der Waals surface area (Å²) in [6.45, 7) is 0.565. The molecule has 1 aliphatic heterocycles. The standard InChI is InChI=1S/C16H18N6O2S/c1-22-16-13(9-19-22)15(18-8-11-4-7-25(23,24)10-11)20-14(21-16)12-2-5-17-6-3-12/h2-3,5-6,9,11H,4,7-8,10H2,1H3,(H,18,20,21)/t11-/m1/s1. The van der Waals surface area contributed by atoms with Crippen molar-refractivity contribution < 1.29 is 8.42 Å². The molecule has 3 aromatic heterocycles. The van der Waals surface area contributed by atoms with Gasteiger partial charge in [-0.3, -0.25) is 9.67 Å². The average Bonchev–Trinajstić information content (AvgIpc) is 3.16. The zero-order valence-electron chi connectivity index (χ0n) is 13.8. The zero-order chi connectivity index (χ0) is 17.4. The van der Waals surface area contributed by atoms with E-state index < -0.39 is 9.84 Å².